The maximum absolute atomic E-state index is 13.2. The van der Waals surface area contributed by atoms with Crippen LogP contribution in [-0.2, 0) is 25.7 Å². The van der Waals surface area contributed by atoms with Crippen LogP contribution in [0.2, 0.25) is 10.2 Å². The molecule has 9 heteroatoms. The monoisotopic (exact) mass is 543 g/mol. The molecule has 0 aliphatic rings. The van der Waals surface area contributed by atoms with E-state index in [1.54, 1.807) is 74.6 Å². The van der Waals surface area contributed by atoms with Crippen molar-refractivity contribution in [2.24, 2.45) is 5.92 Å². The number of hydrogen-bond acceptors (Lipinski definition) is 7. The van der Waals surface area contributed by atoms with E-state index in [9.17, 15) is 14.4 Å². The van der Waals surface area contributed by atoms with Crippen LogP contribution in [0.15, 0.2) is 66.9 Å². The van der Waals surface area contributed by atoms with Crippen LogP contribution in [0, 0.1) is 5.92 Å². The summed E-state index contributed by atoms with van der Waals surface area (Å²) in [7, 11) is 0. The van der Waals surface area contributed by atoms with Crippen molar-refractivity contribution >= 4 is 40.9 Å². The third kappa shape index (κ3) is 8.03. The first kappa shape index (κ1) is 28.2. The fourth-order valence-electron chi connectivity index (χ4n) is 3.74. The highest BCUT2D eigenvalue weighted by molar-refractivity contribution is 6.30. The molecule has 0 radical (unpaired) electrons. The van der Waals surface area contributed by atoms with Crippen molar-refractivity contribution in [3.8, 4) is 5.75 Å². The number of carbonyl (C=O) groups is 3. The van der Waals surface area contributed by atoms with Crippen LogP contribution in [0.1, 0.15) is 47.7 Å². The maximum Gasteiger partial charge on any atom is 0.320 e. The van der Waals surface area contributed by atoms with Gasteiger partial charge in [0, 0.05) is 34.7 Å². The lowest BCUT2D eigenvalue weighted by atomic mass is 9.81. The molecule has 7 nitrogen and oxygen atoms in total. The summed E-state index contributed by atoms with van der Waals surface area (Å²) >= 11 is 11.8. The minimum atomic E-state index is -1.32. The van der Waals surface area contributed by atoms with E-state index in [0.29, 0.717) is 27.1 Å². The Hall–Kier alpha value is -3.42. The summed E-state index contributed by atoms with van der Waals surface area (Å²) in [4.78, 5) is 43.0. The smallest absolute Gasteiger partial charge is 0.320 e. The molecule has 0 spiro atoms. The molecule has 1 atom stereocenters. The van der Waals surface area contributed by atoms with E-state index in [0.717, 1.165) is 5.56 Å². The fourth-order valence-corrected chi connectivity index (χ4v) is 3.98. The number of hydrogen-bond donors (Lipinski definition) is 0. The second-order valence-corrected chi connectivity index (χ2v) is 8.89. The number of Topliss-reactive ketones (excluding diaryl/α,β-unsaturated/α-hetero) is 1. The number of benzene rings is 2. The van der Waals surface area contributed by atoms with Gasteiger partial charge in [0.1, 0.15) is 17.5 Å². The van der Waals surface area contributed by atoms with Crippen LogP contribution >= 0.6 is 23.2 Å². The lowest BCUT2D eigenvalue weighted by Gasteiger charge is -2.24. The zero-order valence-corrected chi connectivity index (χ0v) is 22.0. The van der Waals surface area contributed by atoms with Gasteiger partial charge in [-0.25, -0.2) is 4.98 Å². The number of ketones is 1. The average molecular weight is 544 g/mol. The van der Waals surface area contributed by atoms with Gasteiger partial charge in [0.15, 0.2) is 11.7 Å². The van der Waals surface area contributed by atoms with Crippen LogP contribution < -0.4 is 4.74 Å². The van der Waals surface area contributed by atoms with Crippen LogP contribution in [0.4, 0.5) is 0 Å². The zero-order valence-electron chi connectivity index (χ0n) is 20.5. The molecule has 0 aliphatic heterocycles. The topological polar surface area (TPSA) is 91.8 Å². The number of esters is 2. The summed E-state index contributed by atoms with van der Waals surface area (Å²) in [5, 5.41) is 0.888. The largest absolute Gasteiger partial charge is 0.489 e. The summed E-state index contributed by atoms with van der Waals surface area (Å²) in [5.74, 6) is -3.32. The lowest BCUT2D eigenvalue weighted by molar-refractivity contribution is -0.162. The maximum atomic E-state index is 13.2. The molecular formula is C28H27Cl2NO6. The van der Waals surface area contributed by atoms with E-state index >= 15 is 0 Å². The third-order valence-electron chi connectivity index (χ3n) is 5.56. The van der Waals surface area contributed by atoms with Crippen molar-refractivity contribution in [2.45, 2.75) is 32.8 Å². The van der Waals surface area contributed by atoms with Gasteiger partial charge < -0.3 is 14.2 Å². The van der Waals surface area contributed by atoms with Gasteiger partial charge in [-0.05, 0) is 61.9 Å². The first-order valence-electron chi connectivity index (χ1n) is 11.8. The summed E-state index contributed by atoms with van der Waals surface area (Å²) in [6, 6.07) is 16.8. The Morgan fingerprint density at radius 1 is 0.838 bits per heavy atom. The SMILES string of the molecule is CCOC(=O)C(C(=O)OCC)C(CC(=O)c1ccc(Cl)cc1)c1ccc(OCc2ccc(Cl)nc2)cc1. The van der Waals surface area contributed by atoms with Crippen molar-refractivity contribution in [2.75, 3.05) is 13.2 Å². The molecule has 0 N–H and O–H groups in total. The Morgan fingerprint density at radius 2 is 1.46 bits per heavy atom. The van der Waals surface area contributed by atoms with Crippen LogP contribution in [-0.4, -0.2) is 35.9 Å². The van der Waals surface area contributed by atoms with Gasteiger partial charge in [-0.2, -0.15) is 0 Å². The molecule has 0 amide bonds. The van der Waals surface area contributed by atoms with E-state index < -0.39 is 23.8 Å². The normalized spacial score (nSPS) is 11.6. The van der Waals surface area contributed by atoms with Gasteiger partial charge in [0.2, 0.25) is 0 Å². The Bertz CT molecular complexity index is 1180. The van der Waals surface area contributed by atoms with E-state index in [1.807, 2.05) is 6.07 Å². The molecule has 1 unspecified atom stereocenters. The quantitative estimate of drug-likeness (QED) is 0.118. The number of halogens is 2. The van der Waals surface area contributed by atoms with Crippen LogP contribution in [0.25, 0.3) is 0 Å². The molecule has 1 heterocycles. The Kier molecular flexibility index (Phi) is 10.5. The molecule has 0 saturated carbocycles. The van der Waals surface area contributed by atoms with Crippen LogP contribution in [0.5, 0.6) is 5.75 Å². The first-order valence-corrected chi connectivity index (χ1v) is 12.5. The lowest BCUT2D eigenvalue weighted by Crippen LogP contribution is -2.34. The molecule has 3 rings (SSSR count). The number of aromatic nitrogens is 1. The van der Waals surface area contributed by atoms with Gasteiger partial charge in [-0.15, -0.1) is 0 Å². The Labute approximate surface area is 225 Å². The van der Waals surface area contributed by atoms with Gasteiger partial charge in [0.05, 0.1) is 13.2 Å². The number of nitrogens with zero attached hydrogens (tertiary/aromatic N) is 1. The number of pyridine rings is 1. The molecule has 0 fully saturated rings. The summed E-state index contributed by atoms with van der Waals surface area (Å²) in [6.45, 7) is 3.74. The highest BCUT2D eigenvalue weighted by Gasteiger charge is 2.39. The van der Waals surface area contributed by atoms with Crippen molar-refractivity contribution < 1.29 is 28.6 Å². The second kappa shape index (κ2) is 13.8. The standard InChI is InChI=1S/C28H27Cl2NO6/c1-3-35-27(33)26(28(34)36-4-2)23(15-24(32)20-6-10-21(29)11-7-20)19-8-12-22(13-9-19)37-17-18-5-14-25(30)31-16-18/h5-14,16,23,26H,3-4,15,17H2,1-2H3. The van der Waals surface area contributed by atoms with Crippen molar-refractivity contribution in [1.29, 1.82) is 0 Å². The molecule has 0 saturated heterocycles. The first-order chi connectivity index (χ1) is 17.8. The van der Waals surface area contributed by atoms with Gasteiger partial charge >= 0.3 is 11.9 Å². The number of rotatable bonds is 12. The van der Waals surface area contributed by atoms with Gasteiger partial charge in [-0.1, -0.05) is 41.4 Å². The minimum Gasteiger partial charge on any atom is -0.489 e. The fraction of sp³-hybridized carbons (Fsp3) is 0.286. The molecular weight excluding hydrogens is 517 g/mol. The molecule has 2 aromatic carbocycles. The highest BCUT2D eigenvalue weighted by Crippen LogP contribution is 2.33. The molecule has 0 bridgehead atoms. The highest BCUT2D eigenvalue weighted by atomic mass is 35.5. The second-order valence-electron chi connectivity index (χ2n) is 8.07. The van der Waals surface area contributed by atoms with E-state index in [-0.39, 0.29) is 32.0 Å². The zero-order chi connectivity index (χ0) is 26.8. The predicted molar refractivity (Wildman–Crippen MR) is 140 cm³/mol. The molecule has 1 aromatic heterocycles. The molecule has 0 aliphatic carbocycles. The van der Waals surface area contributed by atoms with E-state index in [2.05, 4.69) is 4.98 Å². The minimum absolute atomic E-state index is 0.0823. The van der Waals surface area contributed by atoms with Crippen molar-refractivity contribution in [1.82, 2.24) is 4.98 Å². The molecule has 194 valence electrons. The van der Waals surface area contributed by atoms with Gasteiger partial charge in [0.25, 0.3) is 0 Å². The van der Waals surface area contributed by atoms with Crippen molar-refractivity contribution in [3.63, 3.8) is 0 Å². The summed E-state index contributed by atoms with van der Waals surface area (Å²) in [5.41, 5.74) is 1.84. The predicted octanol–water partition coefficient (Wildman–Crippen LogP) is 6.07. The number of ether oxygens (including phenoxy) is 3. The Morgan fingerprint density at radius 3 is 2.00 bits per heavy atom. The molecule has 37 heavy (non-hydrogen) atoms. The Balaban J connectivity index is 1.88. The van der Waals surface area contributed by atoms with E-state index in [1.165, 1.54) is 0 Å². The van der Waals surface area contributed by atoms with Gasteiger partial charge in [-0.3, -0.25) is 14.4 Å². The average Bonchev–Trinajstić information content (AvgIpc) is 2.89. The van der Waals surface area contributed by atoms with Crippen molar-refractivity contribution in [3.05, 3.63) is 93.7 Å². The summed E-state index contributed by atoms with van der Waals surface area (Å²) in [6.07, 6.45) is 1.50. The number of carbonyl (C=O) groups excluding carboxylic acids is 3. The van der Waals surface area contributed by atoms with E-state index in [4.69, 9.17) is 37.4 Å². The third-order valence-corrected chi connectivity index (χ3v) is 6.03. The van der Waals surface area contributed by atoms with Crippen LogP contribution in [0.3, 0.4) is 0 Å². The molecule has 3 aromatic rings. The summed E-state index contributed by atoms with van der Waals surface area (Å²) < 4.78 is 16.2.